The van der Waals surface area contributed by atoms with Gasteiger partial charge in [-0.1, -0.05) is 32.9 Å². The standard InChI is InChI=1S/C42H52N6O6/c1-23-13-14-42(40(2,3)4,48(23)38(49)50)37-45-31-12-10-25-17-30-28-11-9-26(16-27(28)22-53-34(30)18-29(25)35(31)46-37)32-19-43-36(44-32)33-15-24(21-52-8)20-47(33)39(51)54-41(5,6)7/h9,11,16-19,23-24,33H,10,12-15,20-22H2,1-8H3,(H,43,44)(H,45,46)(H,49,50)/t23-,24-,33-,42+/m0/s1. The van der Waals surface area contributed by atoms with E-state index < -0.39 is 17.2 Å². The molecule has 54 heavy (non-hydrogen) atoms. The Labute approximate surface area is 316 Å². The highest BCUT2D eigenvalue weighted by Crippen LogP contribution is 2.54. The van der Waals surface area contributed by atoms with Crippen molar-refractivity contribution in [1.82, 2.24) is 29.7 Å². The number of rotatable bonds is 5. The summed E-state index contributed by atoms with van der Waals surface area (Å²) in [5.74, 6) is 2.47. The number of carbonyl (C=O) groups excluding carboxylic acids is 1. The second kappa shape index (κ2) is 12.9. The fourth-order valence-electron chi connectivity index (χ4n) is 9.38. The molecule has 8 rings (SSSR count). The molecule has 286 valence electrons. The SMILES string of the molecule is COC[C@H]1C[C@@H](c2ncc(-c3ccc4c(c3)COc3cc5c(cc3-4)CCc3[nH]c([C@@]4(C(C)(C)C)CC[C@H](C)N4C(=O)O)nc3-5)[nH]2)N(C(=O)OC(C)(C)C)C1. The van der Waals surface area contributed by atoms with Crippen molar-refractivity contribution < 1.29 is 28.9 Å². The number of nitrogens with zero attached hydrogens (tertiary/aromatic N) is 4. The number of hydrogen-bond acceptors (Lipinski definition) is 7. The van der Waals surface area contributed by atoms with E-state index in [4.69, 9.17) is 24.2 Å². The molecule has 4 aliphatic rings. The number of imidazole rings is 2. The van der Waals surface area contributed by atoms with Crippen LogP contribution in [-0.2, 0) is 34.5 Å². The van der Waals surface area contributed by atoms with Crippen molar-refractivity contribution >= 4 is 12.2 Å². The van der Waals surface area contributed by atoms with Crippen molar-refractivity contribution in [2.75, 3.05) is 20.3 Å². The Balaban J connectivity index is 1.08. The van der Waals surface area contributed by atoms with Crippen molar-refractivity contribution in [3.8, 4) is 39.4 Å². The number of aryl methyl sites for hydroxylation is 2. The van der Waals surface area contributed by atoms with Gasteiger partial charge in [0.1, 0.15) is 35.1 Å². The molecule has 0 bridgehead atoms. The van der Waals surface area contributed by atoms with Crippen molar-refractivity contribution in [1.29, 1.82) is 0 Å². The molecule has 2 aromatic heterocycles. The van der Waals surface area contributed by atoms with Crippen LogP contribution in [0.1, 0.15) is 102 Å². The minimum absolute atomic E-state index is 0.0943. The van der Waals surface area contributed by atoms with E-state index in [1.54, 1.807) is 16.9 Å². The van der Waals surface area contributed by atoms with E-state index in [0.29, 0.717) is 19.8 Å². The maximum atomic E-state index is 13.2. The molecule has 5 heterocycles. The third kappa shape index (κ3) is 5.93. The molecule has 0 spiro atoms. The van der Waals surface area contributed by atoms with Gasteiger partial charge in [0.25, 0.3) is 0 Å². The lowest BCUT2D eigenvalue weighted by atomic mass is 9.71. The molecular formula is C42H52N6O6. The second-order valence-corrected chi connectivity index (χ2v) is 17.6. The molecule has 12 nitrogen and oxygen atoms in total. The highest BCUT2D eigenvalue weighted by Gasteiger charge is 2.58. The number of methoxy groups -OCH3 is 1. The van der Waals surface area contributed by atoms with Gasteiger partial charge in [-0.05, 0) is 106 Å². The maximum absolute atomic E-state index is 13.2. The van der Waals surface area contributed by atoms with Crippen molar-refractivity contribution in [3.63, 3.8) is 0 Å². The lowest BCUT2D eigenvalue weighted by molar-refractivity contribution is 0.00738. The van der Waals surface area contributed by atoms with Crippen LogP contribution >= 0.6 is 0 Å². The zero-order chi connectivity index (χ0) is 38.3. The van der Waals surface area contributed by atoms with Crippen LogP contribution in [0.4, 0.5) is 9.59 Å². The van der Waals surface area contributed by atoms with Gasteiger partial charge < -0.3 is 29.3 Å². The summed E-state index contributed by atoms with van der Waals surface area (Å²) in [5.41, 5.74) is 7.60. The lowest BCUT2D eigenvalue weighted by Gasteiger charge is -2.46. The summed E-state index contributed by atoms with van der Waals surface area (Å²) in [7, 11) is 1.68. The topological polar surface area (TPSA) is 146 Å². The first-order valence-corrected chi connectivity index (χ1v) is 19.2. The summed E-state index contributed by atoms with van der Waals surface area (Å²) in [6.45, 7) is 15.5. The van der Waals surface area contributed by atoms with E-state index in [9.17, 15) is 14.7 Å². The van der Waals surface area contributed by atoms with Crippen LogP contribution in [0, 0.1) is 11.3 Å². The molecule has 2 fully saturated rings. The van der Waals surface area contributed by atoms with Gasteiger partial charge in [0, 0.05) is 42.4 Å². The first kappa shape index (κ1) is 36.2. The predicted octanol–water partition coefficient (Wildman–Crippen LogP) is 8.47. The van der Waals surface area contributed by atoms with E-state index >= 15 is 0 Å². The van der Waals surface area contributed by atoms with Gasteiger partial charge in [-0.2, -0.15) is 0 Å². The van der Waals surface area contributed by atoms with E-state index in [-0.39, 0.29) is 29.5 Å². The third-order valence-electron chi connectivity index (χ3n) is 11.9. The van der Waals surface area contributed by atoms with Gasteiger partial charge >= 0.3 is 12.2 Å². The molecule has 0 saturated carbocycles. The largest absolute Gasteiger partial charge is 0.488 e. The number of benzene rings is 2. The highest BCUT2D eigenvalue weighted by atomic mass is 16.6. The number of likely N-dealkylation sites (tertiary alicyclic amines) is 2. The fraction of sp³-hybridized carbons (Fsp3) is 0.524. The maximum Gasteiger partial charge on any atom is 0.410 e. The quantitative estimate of drug-likeness (QED) is 0.185. The number of carbonyl (C=O) groups is 2. The average Bonchev–Trinajstić information content (AvgIpc) is 3.91. The first-order valence-electron chi connectivity index (χ1n) is 19.2. The highest BCUT2D eigenvalue weighted by molar-refractivity contribution is 5.83. The molecule has 3 N–H and O–H groups in total. The molecule has 4 atom stereocenters. The van der Waals surface area contributed by atoms with Crippen molar-refractivity contribution in [2.24, 2.45) is 11.3 Å². The minimum Gasteiger partial charge on any atom is -0.488 e. The summed E-state index contributed by atoms with van der Waals surface area (Å²) in [4.78, 5) is 46.4. The van der Waals surface area contributed by atoms with Crippen LogP contribution in [0.2, 0.25) is 0 Å². The normalized spacial score (nSPS) is 23.4. The van der Waals surface area contributed by atoms with Gasteiger partial charge in [0.2, 0.25) is 0 Å². The first-order chi connectivity index (χ1) is 25.6. The number of ether oxygens (including phenoxy) is 3. The molecule has 4 aromatic rings. The number of carboxylic acid groups (broad SMARTS) is 1. The Bertz CT molecular complexity index is 2120. The van der Waals surface area contributed by atoms with Gasteiger partial charge in [0.05, 0.1) is 30.2 Å². The zero-order valence-electron chi connectivity index (χ0n) is 32.6. The number of hydrogen-bond donors (Lipinski definition) is 3. The lowest BCUT2D eigenvalue weighted by Crippen LogP contribution is -2.55. The van der Waals surface area contributed by atoms with Crippen molar-refractivity contribution in [2.45, 2.75) is 110 Å². The van der Waals surface area contributed by atoms with E-state index in [1.807, 2.05) is 33.9 Å². The van der Waals surface area contributed by atoms with Gasteiger partial charge in [0.15, 0.2) is 0 Å². The fourth-order valence-corrected chi connectivity index (χ4v) is 9.38. The molecule has 2 aromatic carbocycles. The average molecular weight is 737 g/mol. The van der Waals surface area contributed by atoms with Crippen LogP contribution in [0.5, 0.6) is 5.75 Å². The molecular weight excluding hydrogens is 684 g/mol. The van der Waals surface area contributed by atoms with Crippen molar-refractivity contribution in [3.05, 3.63) is 65.0 Å². The second-order valence-electron chi connectivity index (χ2n) is 17.6. The van der Waals surface area contributed by atoms with Gasteiger partial charge in [-0.25, -0.2) is 19.6 Å². The molecule has 0 unspecified atom stereocenters. The Morgan fingerprint density at radius 1 is 1.04 bits per heavy atom. The van der Waals surface area contributed by atoms with E-state index in [0.717, 1.165) is 94.4 Å². The molecule has 3 aliphatic heterocycles. The Morgan fingerprint density at radius 3 is 2.56 bits per heavy atom. The molecule has 0 radical (unpaired) electrons. The number of nitrogens with one attached hydrogen (secondary N) is 2. The van der Waals surface area contributed by atoms with Gasteiger partial charge in [-0.3, -0.25) is 9.80 Å². The van der Waals surface area contributed by atoms with Crippen LogP contribution in [0.25, 0.3) is 33.6 Å². The summed E-state index contributed by atoms with van der Waals surface area (Å²) in [5, 5.41) is 10.4. The minimum atomic E-state index is -0.906. The summed E-state index contributed by atoms with van der Waals surface area (Å²) in [6, 6.07) is 10.5. The van der Waals surface area contributed by atoms with Crippen LogP contribution in [0.3, 0.4) is 0 Å². The van der Waals surface area contributed by atoms with E-state index in [1.165, 1.54) is 5.56 Å². The number of amides is 2. The number of aromatic amines is 2. The number of fused-ring (bicyclic) bond motifs is 6. The monoisotopic (exact) mass is 736 g/mol. The van der Waals surface area contributed by atoms with Crippen LogP contribution in [-0.4, -0.2) is 78.9 Å². The predicted molar refractivity (Wildman–Crippen MR) is 204 cm³/mol. The third-order valence-corrected chi connectivity index (χ3v) is 11.9. The van der Waals surface area contributed by atoms with Gasteiger partial charge in [-0.15, -0.1) is 0 Å². The van der Waals surface area contributed by atoms with Crippen LogP contribution in [0.15, 0.2) is 36.5 Å². The summed E-state index contributed by atoms with van der Waals surface area (Å²) >= 11 is 0. The Kier molecular flexibility index (Phi) is 8.63. The molecule has 12 heteroatoms. The number of H-pyrrole nitrogens is 2. The zero-order valence-corrected chi connectivity index (χ0v) is 32.6. The molecule has 2 saturated heterocycles. The summed E-state index contributed by atoms with van der Waals surface area (Å²) in [6.07, 6.45) is 4.47. The van der Waals surface area contributed by atoms with E-state index in [2.05, 4.69) is 61.1 Å². The smallest absolute Gasteiger partial charge is 0.410 e. The van der Waals surface area contributed by atoms with Crippen LogP contribution < -0.4 is 4.74 Å². The molecule has 1 aliphatic carbocycles. The number of aromatic nitrogens is 4. The Hall–Kier alpha value is -4.84. The Morgan fingerprint density at radius 2 is 1.83 bits per heavy atom. The summed E-state index contributed by atoms with van der Waals surface area (Å²) < 4.78 is 17.6. The molecule has 2 amide bonds.